The molecule has 0 aromatic carbocycles. The molecule has 0 bridgehead atoms. The zero-order valence-electron chi connectivity index (χ0n) is 15.5. The molecule has 2 aliphatic heterocycles. The third-order valence-electron chi connectivity index (χ3n) is 4.68. The molecule has 0 aliphatic carbocycles. The molecule has 2 saturated heterocycles. The molecule has 0 spiro atoms. The third-order valence-corrected chi connectivity index (χ3v) is 4.68. The van der Waals surface area contributed by atoms with Gasteiger partial charge in [0.2, 0.25) is 5.91 Å². The minimum Gasteiger partial charge on any atom is -0.444 e. The van der Waals surface area contributed by atoms with E-state index in [9.17, 15) is 9.59 Å². The number of ether oxygens (including phenoxy) is 1. The van der Waals surface area contributed by atoms with Gasteiger partial charge in [0.05, 0.1) is 0 Å². The number of carbonyl (C=O) groups is 2. The number of rotatable bonds is 5. The van der Waals surface area contributed by atoms with Crippen LogP contribution in [0.25, 0.3) is 10.4 Å². The second-order valence-electron chi connectivity index (χ2n) is 8.05. The van der Waals surface area contributed by atoms with Crippen LogP contribution in [0, 0.1) is 11.8 Å². The van der Waals surface area contributed by atoms with Crippen molar-refractivity contribution in [2.24, 2.45) is 17.0 Å². The second kappa shape index (κ2) is 8.43. The van der Waals surface area contributed by atoms with Crippen molar-refractivity contribution in [3.8, 4) is 0 Å². The maximum absolute atomic E-state index is 12.2. The number of hydrogen-bond donors (Lipinski definition) is 0. The number of likely N-dealkylation sites (tertiary alicyclic amines) is 2. The summed E-state index contributed by atoms with van der Waals surface area (Å²) in [7, 11) is 0. The van der Waals surface area contributed by atoms with Crippen molar-refractivity contribution in [1.29, 1.82) is 0 Å². The predicted octanol–water partition coefficient (Wildman–Crippen LogP) is 3.18. The van der Waals surface area contributed by atoms with Crippen molar-refractivity contribution < 1.29 is 14.3 Å². The molecule has 25 heavy (non-hydrogen) atoms. The molecule has 2 amide bonds. The third kappa shape index (κ3) is 6.12. The summed E-state index contributed by atoms with van der Waals surface area (Å²) in [6, 6.07) is 0. The summed E-state index contributed by atoms with van der Waals surface area (Å²) in [5.41, 5.74) is 7.91. The van der Waals surface area contributed by atoms with E-state index in [1.54, 1.807) is 4.90 Å². The Morgan fingerprint density at radius 3 is 2.80 bits per heavy atom. The fourth-order valence-electron chi connectivity index (χ4n) is 3.48. The standard InChI is InChI=1S/C17H29N5O3/c1-17(2,3)25-16(24)22-7-4-5-13(11-22)6-8-21-12-14(9-15(21)23)10-19-20-18/h13-14H,4-12H2,1-3H3. The Kier molecular flexibility index (Phi) is 6.53. The van der Waals surface area contributed by atoms with E-state index in [-0.39, 0.29) is 17.9 Å². The molecule has 8 nitrogen and oxygen atoms in total. The Bertz CT molecular complexity index is 539. The lowest BCUT2D eigenvalue weighted by Gasteiger charge is -2.34. The summed E-state index contributed by atoms with van der Waals surface area (Å²) in [6.45, 7) is 8.81. The first kappa shape index (κ1) is 19.4. The number of azide groups is 1. The quantitative estimate of drug-likeness (QED) is 0.432. The van der Waals surface area contributed by atoms with E-state index < -0.39 is 5.60 Å². The molecule has 0 N–H and O–H groups in total. The lowest BCUT2D eigenvalue weighted by atomic mass is 9.95. The molecule has 2 atom stereocenters. The fourth-order valence-corrected chi connectivity index (χ4v) is 3.48. The summed E-state index contributed by atoms with van der Waals surface area (Å²) in [4.78, 5) is 30.7. The van der Waals surface area contributed by atoms with Crippen LogP contribution in [-0.2, 0) is 9.53 Å². The average Bonchev–Trinajstić information content (AvgIpc) is 2.89. The van der Waals surface area contributed by atoms with Gasteiger partial charge >= 0.3 is 6.09 Å². The molecule has 2 rings (SSSR count). The Morgan fingerprint density at radius 2 is 2.12 bits per heavy atom. The fraction of sp³-hybridized carbons (Fsp3) is 0.882. The topological polar surface area (TPSA) is 98.6 Å². The van der Waals surface area contributed by atoms with E-state index in [0.717, 1.165) is 25.8 Å². The van der Waals surface area contributed by atoms with E-state index in [0.29, 0.717) is 38.5 Å². The van der Waals surface area contributed by atoms with Gasteiger partial charge in [-0.25, -0.2) is 4.79 Å². The molecule has 8 heteroatoms. The van der Waals surface area contributed by atoms with E-state index in [1.165, 1.54) is 0 Å². The summed E-state index contributed by atoms with van der Waals surface area (Å²) in [6.07, 6.45) is 3.15. The van der Waals surface area contributed by atoms with Gasteiger partial charge in [0.15, 0.2) is 0 Å². The average molecular weight is 351 g/mol. The van der Waals surface area contributed by atoms with Crippen LogP contribution in [0.2, 0.25) is 0 Å². The van der Waals surface area contributed by atoms with Gasteiger partial charge in [-0.05, 0) is 57.4 Å². The number of piperidine rings is 1. The van der Waals surface area contributed by atoms with Gasteiger partial charge in [-0.3, -0.25) is 4.79 Å². The van der Waals surface area contributed by atoms with Crippen molar-refractivity contribution in [1.82, 2.24) is 9.80 Å². The maximum Gasteiger partial charge on any atom is 0.410 e. The Balaban J connectivity index is 1.78. The lowest BCUT2D eigenvalue weighted by Crippen LogP contribution is -2.43. The summed E-state index contributed by atoms with van der Waals surface area (Å²) < 4.78 is 5.45. The van der Waals surface area contributed by atoms with Crippen molar-refractivity contribution in [3.63, 3.8) is 0 Å². The molecule has 2 unspecified atom stereocenters. The number of amides is 2. The smallest absolute Gasteiger partial charge is 0.410 e. The van der Waals surface area contributed by atoms with Gasteiger partial charge < -0.3 is 14.5 Å². The van der Waals surface area contributed by atoms with Gasteiger partial charge in [-0.2, -0.15) is 0 Å². The highest BCUT2D eigenvalue weighted by Gasteiger charge is 2.31. The van der Waals surface area contributed by atoms with E-state index in [4.69, 9.17) is 10.3 Å². The van der Waals surface area contributed by atoms with Crippen molar-refractivity contribution >= 4 is 12.0 Å². The molecule has 140 valence electrons. The van der Waals surface area contributed by atoms with Crippen molar-refractivity contribution in [2.45, 2.75) is 52.1 Å². The number of carbonyl (C=O) groups excluding carboxylic acids is 2. The SMILES string of the molecule is CC(C)(C)OC(=O)N1CCCC(CCN2CC(CN=[N+]=[N-])CC2=O)C1. The first-order chi connectivity index (χ1) is 11.8. The van der Waals surface area contributed by atoms with E-state index in [1.807, 2.05) is 25.7 Å². The largest absolute Gasteiger partial charge is 0.444 e. The molecule has 0 aromatic rings. The number of hydrogen-bond acceptors (Lipinski definition) is 4. The minimum atomic E-state index is -0.479. The van der Waals surface area contributed by atoms with Crippen LogP contribution in [0.15, 0.2) is 5.11 Å². The van der Waals surface area contributed by atoms with Gasteiger partial charge in [-0.15, -0.1) is 0 Å². The van der Waals surface area contributed by atoms with Crippen molar-refractivity contribution in [2.75, 3.05) is 32.7 Å². The molecule has 2 heterocycles. The van der Waals surface area contributed by atoms with Crippen molar-refractivity contribution in [3.05, 3.63) is 10.4 Å². The lowest BCUT2D eigenvalue weighted by molar-refractivity contribution is -0.127. The van der Waals surface area contributed by atoms with Crippen LogP contribution in [0.3, 0.4) is 0 Å². The van der Waals surface area contributed by atoms with E-state index in [2.05, 4.69) is 10.0 Å². The number of nitrogens with zero attached hydrogens (tertiary/aromatic N) is 5. The molecular weight excluding hydrogens is 322 g/mol. The molecule has 2 aliphatic rings. The predicted molar refractivity (Wildman–Crippen MR) is 93.8 cm³/mol. The zero-order valence-corrected chi connectivity index (χ0v) is 15.5. The molecule has 0 aromatic heterocycles. The van der Waals surface area contributed by atoms with E-state index >= 15 is 0 Å². The van der Waals surface area contributed by atoms with Crippen LogP contribution >= 0.6 is 0 Å². The Morgan fingerprint density at radius 1 is 1.36 bits per heavy atom. The Hall–Kier alpha value is -1.95. The van der Waals surface area contributed by atoms with Gasteiger partial charge in [0.1, 0.15) is 5.60 Å². The normalized spacial score (nSPS) is 24.2. The molecular formula is C17H29N5O3. The monoisotopic (exact) mass is 351 g/mol. The summed E-state index contributed by atoms with van der Waals surface area (Å²) in [5.74, 6) is 0.663. The van der Waals surface area contributed by atoms with Crippen LogP contribution in [0.1, 0.15) is 46.5 Å². The minimum absolute atomic E-state index is 0.132. The van der Waals surface area contributed by atoms with Crippen LogP contribution in [0.5, 0.6) is 0 Å². The molecule has 0 radical (unpaired) electrons. The van der Waals surface area contributed by atoms with Gasteiger partial charge in [0, 0.05) is 44.1 Å². The molecule has 2 fully saturated rings. The zero-order chi connectivity index (χ0) is 18.4. The first-order valence-corrected chi connectivity index (χ1v) is 9.05. The van der Waals surface area contributed by atoms with Gasteiger partial charge in [0.25, 0.3) is 0 Å². The van der Waals surface area contributed by atoms with Crippen LogP contribution in [0.4, 0.5) is 4.79 Å². The first-order valence-electron chi connectivity index (χ1n) is 9.05. The van der Waals surface area contributed by atoms with Crippen LogP contribution in [-0.4, -0.2) is 60.1 Å². The second-order valence-corrected chi connectivity index (χ2v) is 8.05. The van der Waals surface area contributed by atoms with Crippen LogP contribution < -0.4 is 0 Å². The highest BCUT2D eigenvalue weighted by Crippen LogP contribution is 2.24. The highest BCUT2D eigenvalue weighted by atomic mass is 16.6. The summed E-state index contributed by atoms with van der Waals surface area (Å²) in [5, 5.41) is 3.57. The van der Waals surface area contributed by atoms with Gasteiger partial charge in [-0.1, -0.05) is 5.11 Å². The summed E-state index contributed by atoms with van der Waals surface area (Å²) >= 11 is 0. The Labute approximate surface area is 149 Å². The highest BCUT2D eigenvalue weighted by molar-refractivity contribution is 5.78. The molecule has 0 saturated carbocycles. The maximum atomic E-state index is 12.2.